The average molecular weight is 193 g/mol. The topological polar surface area (TPSA) is 29.5 Å². The molecule has 1 aromatic rings. The highest BCUT2D eigenvalue weighted by atomic mass is 16.5. The molecule has 0 saturated carbocycles. The van der Waals surface area contributed by atoms with Crippen LogP contribution in [0.15, 0.2) is 30.3 Å². The summed E-state index contributed by atoms with van der Waals surface area (Å²) in [6, 6.07) is 9.47. The molecule has 1 unspecified atom stereocenters. The normalized spacial score (nSPS) is 12.2. The van der Waals surface area contributed by atoms with Crippen LogP contribution in [0, 0.1) is 0 Å². The lowest BCUT2D eigenvalue weighted by Crippen LogP contribution is -2.29. The van der Waals surface area contributed by atoms with Crippen molar-refractivity contribution in [2.24, 2.45) is 0 Å². The van der Waals surface area contributed by atoms with E-state index in [1.165, 1.54) is 4.90 Å². The number of benzene rings is 1. The summed E-state index contributed by atoms with van der Waals surface area (Å²) in [6.07, 6.45) is -0.494. The zero-order valence-electron chi connectivity index (χ0n) is 8.73. The molecule has 1 atom stereocenters. The fraction of sp³-hybridized carbons (Fsp3) is 0.364. The van der Waals surface area contributed by atoms with Gasteiger partial charge in [-0.05, 0) is 5.56 Å². The molecule has 1 rings (SSSR count). The van der Waals surface area contributed by atoms with Gasteiger partial charge in [-0.3, -0.25) is 4.79 Å². The van der Waals surface area contributed by atoms with Crippen LogP contribution in [0.2, 0.25) is 0 Å². The van der Waals surface area contributed by atoms with Crippen LogP contribution in [0.1, 0.15) is 11.7 Å². The molecule has 0 heterocycles. The van der Waals surface area contributed by atoms with E-state index in [4.69, 9.17) is 4.74 Å². The summed E-state index contributed by atoms with van der Waals surface area (Å²) in [6.45, 7) is 0. The van der Waals surface area contributed by atoms with Crippen LogP contribution in [-0.2, 0) is 9.53 Å². The third kappa shape index (κ3) is 2.33. The molecule has 0 spiro atoms. The molecule has 0 radical (unpaired) electrons. The standard InChI is InChI=1S/C11H15NO2/c1-12(2)11(13)10(14-3)9-7-5-4-6-8-9/h4-8,10H,1-3H3. The van der Waals surface area contributed by atoms with Crippen LogP contribution in [0.25, 0.3) is 0 Å². The minimum atomic E-state index is -0.494. The van der Waals surface area contributed by atoms with Crippen molar-refractivity contribution >= 4 is 5.91 Å². The summed E-state index contributed by atoms with van der Waals surface area (Å²) >= 11 is 0. The van der Waals surface area contributed by atoms with Gasteiger partial charge in [0.2, 0.25) is 0 Å². The van der Waals surface area contributed by atoms with Gasteiger partial charge in [0.05, 0.1) is 0 Å². The molecule has 3 nitrogen and oxygen atoms in total. The predicted molar refractivity (Wildman–Crippen MR) is 54.9 cm³/mol. The molecule has 0 aliphatic heterocycles. The Balaban J connectivity index is 2.88. The third-order valence-electron chi connectivity index (χ3n) is 2.00. The Bertz CT molecular complexity index is 295. The van der Waals surface area contributed by atoms with Gasteiger partial charge in [0.25, 0.3) is 5.91 Å². The quantitative estimate of drug-likeness (QED) is 0.727. The number of likely N-dealkylation sites (N-methyl/N-ethyl adjacent to an activating group) is 1. The van der Waals surface area contributed by atoms with E-state index in [0.29, 0.717) is 0 Å². The van der Waals surface area contributed by atoms with Gasteiger partial charge in [-0.1, -0.05) is 30.3 Å². The maximum Gasteiger partial charge on any atom is 0.255 e. The second-order valence-corrected chi connectivity index (χ2v) is 3.26. The molecule has 0 bridgehead atoms. The summed E-state index contributed by atoms with van der Waals surface area (Å²) in [5.74, 6) is -0.0429. The number of carbonyl (C=O) groups is 1. The van der Waals surface area contributed by atoms with Crippen LogP contribution < -0.4 is 0 Å². The Hall–Kier alpha value is -1.35. The van der Waals surface area contributed by atoms with Crippen molar-refractivity contribution in [3.8, 4) is 0 Å². The number of carbonyl (C=O) groups excluding carboxylic acids is 1. The van der Waals surface area contributed by atoms with Crippen LogP contribution in [0.5, 0.6) is 0 Å². The first-order chi connectivity index (χ1) is 6.66. The van der Waals surface area contributed by atoms with Crippen molar-refractivity contribution in [2.75, 3.05) is 21.2 Å². The lowest BCUT2D eigenvalue weighted by molar-refractivity contribution is -0.139. The lowest BCUT2D eigenvalue weighted by Gasteiger charge is -2.19. The lowest BCUT2D eigenvalue weighted by atomic mass is 10.1. The fourth-order valence-corrected chi connectivity index (χ4v) is 1.24. The predicted octanol–water partition coefficient (Wildman–Crippen LogP) is 1.46. The van der Waals surface area contributed by atoms with Crippen LogP contribution in [-0.4, -0.2) is 32.0 Å². The molecule has 0 aliphatic rings. The van der Waals surface area contributed by atoms with E-state index in [2.05, 4.69) is 0 Å². The molecule has 14 heavy (non-hydrogen) atoms. The van der Waals surface area contributed by atoms with E-state index < -0.39 is 6.10 Å². The molecule has 1 aromatic carbocycles. The minimum absolute atomic E-state index is 0.0429. The highest BCUT2D eigenvalue weighted by molar-refractivity contribution is 5.81. The summed E-state index contributed by atoms with van der Waals surface area (Å²) in [5, 5.41) is 0. The summed E-state index contributed by atoms with van der Waals surface area (Å²) in [4.78, 5) is 13.2. The second-order valence-electron chi connectivity index (χ2n) is 3.26. The first-order valence-corrected chi connectivity index (χ1v) is 4.45. The Morgan fingerprint density at radius 3 is 2.29 bits per heavy atom. The monoisotopic (exact) mass is 193 g/mol. The molecule has 1 amide bonds. The van der Waals surface area contributed by atoms with E-state index in [0.717, 1.165) is 5.56 Å². The van der Waals surface area contributed by atoms with Gasteiger partial charge in [-0.25, -0.2) is 0 Å². The van der Waals surface area contributed by atoms with Gasteiger partial charge >= 0.3 is 0 Å². The zero-order chi connectivity index (χ0) is 10.6. The molecule has 0 fully saturated rings. The van der Waals surface area contributed by atoms with Crippen molar-refractivity contribution < 1.29 is 9.53 Å². The van der Waals surface area contributed by atoms with Crippen LogP contribution in [0.3, 0.4) is 0 Å². The number of hydrogen-bond donors (Lipinski definition) is 0. The minimum Gasteiger partial charge on any atom is -0.367 e. The second kappa shape index (κ2) is 4.77. The van der Waals surface area contributed by atoms with E-state index in [1.807, 2.05) is 30.3 Å². The fourth-order valence-electron chi connectivity index (χ4n) is 1.24. The van der Waals surface area contributed by atoms with E-state index in [9.17, 15) is 4.79 Å². The number of nitrogens with zero attached hydrogens (tertiary/aromatic N) is 1. The van der Waals surface area contributed by atoms with Crippen LogP contribution in [0.4, 0.5) is 0 Å². The van der Waals surface area contributed by atoms with Crippen molar-refractivity contribution in [1.29, 1.82) is 0 Å². The Morgan fingerprint density at radius 2 is 1.86 bits per heavy atom. The van der Waals surface area contributed by atoms with Gasteiger partial charge in [0, 0.05) is 21.2 Å². The van der Waals surface area contributed by atoms with Gasteiger partial charge in [0.15, 0.2) is 6.10 Å². The molecule has 3 heteroatoms. The average Bonchev–Trinajstić information content (AvgIpc) is 2.20. The van der Waals surface area contributed by atoms with Crippen molar-refractivity contribution in [3.63, 3.8) is 0 Å². The SMILES string of the molecule is COC(C(=O)N(C)C)c1ccccc1. The Labute approximate surface area is 84.3 Å². The highest BCUT2D eigenvalue weighted by Gasteiger charge is 2.20. The summed E-state index contributed by atoms with van der Waals surface area (Å²) in [5.41, 5.74) is 0.883. The zero-order valence-corrected chi connectivity index (χ0v) is 8.73. The molecule has 0 aliphatic carbocycles. The van der Waals surface area contributed by atoms with Crippen molar-refractivity contribution in [2.45, 2.75) is 6.10 Å². The molecule has 0 aromatic heterocycles. The summed E-state index contributed by atoms with van der Waals surface area (Å²) < 4.78 is 5.17. The number of amides is 1. The number of rotatable bonds is 3. The Morgan fingerprint density at radius 1 is 1.29 bits per heavy atom. The number of hydrogen-bond acceptors (Lipinski definition) is 2. The largest absolute Gasteiger partial charge is 0.367 e. The van der Waals surface area contributed by atoms with Gasteiger partial charge in [0.1, 0.15) is 0 Å². The van der Waals surface area contributed by atoms with Crippen LogP contribution >= 0.6 is 0 Å². The first kappa shape index (κ1) is 10.7. The highest BCUT2D eigenvalue weighted by Crippen LogP contribution is 2.17. The summed E-state index contributed by atoms with van der Waals surface area (Å²) in [7, 11) is 4.98. The molecular formula is C11H15NO2. The number of ether oxygens (including phenoxy) is 1. The van der Waals surface area contributed by atoms with Gasteiger partial charge in [-0.15, -0.1) is 0 Å². The molecular weight excluding hydrogens is 178 g/mol. The molecule has 0 saturated heterocycles. The molecule has 0 N–H and O–H groups in total. The van der Waals surface area contributed by atoms with Gasteiger partial charge in [-0.2, -0.15) is 0 Å². The van der Waals surface area contributed by atoms with E-state index in [-0.39, 0.29) is 5.91 Å². The van der Waals surface area contributed by atoms with E-state index >= 15 is 0 Å². The third-order valence-corrected chi connectivity index (χ3v) is 2.00. The Kier molecular flexibility index (Phi) is 3.65. The van der Waals surface area contributed by atoms with Crippen molar-refractivity contribution in [1.82, 2.24) is 4.90 Å². The van der Waals surface area contributed by atoms with Gasteiger partial charge < -0.3 is 9.64 Å². The smallest absolute Gasteiger partial charge is 0.255 e. The maximum atomic E-state index is 11.7. The maximum absolute atomic E-state index is 11.7. The molecule has 76 valence electrons. The van der Waals surface area contributed by atoms with Crippen molar-refractivity contribution in [3.05, 3.63) is 35.9 Å². The van der Waals surface area contributed by atoms with E-state index in [1.54, 1.807) is 21.2 Å². The number of methoxy groups -OCH3 is 1. The first-order valence-electron chi connectivity index (χ1n) is 4.45.